The molecule has 0 saturated carbocycles. The number of ether oxygens (including phenoxy) is 5. The molecule has 3 rings (SSSR count). The summed E-state index contributed by atoms with van der Waals surface area (Å²) in [6, 6.07) is 19.1. The Morgan fingerprint density at radius 1 is 0.882 bits per heavy atom. The van der Waals surface area contributed by atoms with Gasteiger partial charge in [-0.05, 0) is 18.1 Å². The quantitative estimate of drug-likeness (QED) is 0.219. The van der Waals surface area contributed by atoms with E-state index in [4.69, 9.17) is 63.9 Å². The highest BCUT2D eigenvalue weighted by molar-refractivity contribution is 6.76. The van der Waals surface area contributed by atoms with E-state index in [9.17, 15) is 4.79 Å². The van der Waals surface area contributed by atoms with E-state index in [0.717, 1.165) is 11.1 Å². The molecule has 1 fully saturated rings. The van der Waals surface area contributed by atoms with Crippen molar-refractivity contribution in [3.8, 4) is 0 Å². The minimum Gasteiger partial charge on any atom is -0.453 e. The first-order valence-corrected chi connectivity index (χ1v) is 11.7. The van der Waals surface area contributed by atoms with Gasteiger partial charge in [-0.25, -0.2) is 0 Å². The fourth-order valence-electron chi connectivity index (χ4n) is 3.52. The molecule has 1 N–H and O–H groups in total. The standard InChI is InChI=1S/C24H26Cl3NO6/c1-15-19(30-13-17-9-5-3-6-10-17)20(31-14-18-11-7-4-8-12-18)21(33-16(2)29)22(32-15)34-23(28)24(25,26)27/h3-12,15,19-22,28H,13-14H2,1-2H3/t15-,19-,20+,21+,22-/m1/s1. The zero-order valence-electron chi connectivity index (χ0n) is 18.7. The van der Waals surface area contributed by atoms with Crippen LogP contribution >= 0.6 is 34.8 Å². The molecule has 0 spiro atoms. The fourth-order valence-corrected chi connectivity index (χ4v) is 3.65. The lowest BCUT2D eigenvalue weighted by Gasteiger charge is -2.44. The molecule has 0 amide bonds. The van der Waals surface area contributed by atoms with Crippen molar-refractivity contribution in [1.29, 1.82) is 5.41 Å². The van der Waals surface area contributed by atoms with Crippen LogP contribution < -0.4 is 0 Å². The molecule has 0 bridgehead atoms. The van der Waals surface area contributed by atoms with E-state index >= 15 is 0 Å². The van der Waals surface area contributed by atoms with Crippen LogP contribution in [0.2, 0.25) is 0 Å². The zero-order chi connectivity index (χ0) is 24.7. The van der Waals surface area contributed by atoms with Gasteiger partial charge in [0.1, 0.15) is 12.2 Å². The van der Waals surface area contributed by atoms with E-state index in [2.05, 4.69) is 0 Å². The molecule has 1 saturated heterocycles. The minimum atomic E-state index is -2.12. The van der Waals surface area contributed by atoms with Crippen LogP contribution in [-0.4, -0.2) is 46.4 Å². The van der Waals surface area contributed by atoms with E-state index in [1.54, 1.807) is 6.92 Å². The molecule has 0 aliphatic carbocycles. The Morgan fingerprint density at radius 2 is 1.38 bits per heavy atom. The molecule has 34 heavy (non-hydrogen) atoms. The second-order valence-electron chi connectivity index (χ2n) is 7.75. The molecule has 0 unspecified atom stereocenters. The summed E-state index contributed by atoms with van der Waals surface area (Å²) in [5.41, 5.74) is 1.87. The molecule has 2 aromatic rings. The normalized spacial score (nSPS) is 24.9. The second kappa shape index (κ2) is 12.2. The molecule has 0 radical (unpaired) electrons. The SMILES string of the molecule is CC(=O)O[C@@H]1[C@@H](OC(=N)C(Cl)(Cl)Cl)O[C@H](C)[C@@H](OCc2ccccc2)[C@@H]1OCc1ccccc1. The number of rotatable bonds is 8. The molecule has 7 nitrogen and oxygen atoms in total. The lowest BCUT2D eigenvalue weighted by Crippen LogP contribution is -2.61. The van der Waals surface area contributed by atoms with E-state index in [1.807, 2.05) is 60.7 Å². The van der Waals surface area contributed by atoms with Crippen molar-refractivity contribution >= 4 is 46.7 Å². The zero-order valence-corrected chi connectivity index (χ0v) is 20.9. The van der Waals surface area contributed by atoms with Crippen molar-refractivity contribution < 1.29 is 28.5 Å². The average Bonchev–Trinajstić information content (AvgIpc) is 2.79. The number of carbonyl (C=O) groups excluding carboxylic acids is 1. The highest BCUT2D eigenvalue weighted by Crippen LogP contribution is 2.34. The molecule has 0 aromatic heterocycles. The third-order valence-electron chi connectivity index (χ3n) is 5.09. The van der Waals surface area contributed by atoms with Crippen LogP contribution in [0.3, 0.4) is 0 Å². The Hall–Kier alpha value is -1.87. The Bertz CT molecular complexity index is 941. The van der Waals surface area contributed by atoms with Gasteiger partial charge in [-0.1, -0.05) is 95.5 Å². The van der Waals surface area contributed by atoms with Gasteiger partial charge in [-0.15, -0.1) is 0 Å². The van der Waals surface area contributed by atoms with Crippen LogP contribution in [0, 0.1) is 5.41 Å². The highest BCUT2D eigenvalue weighted by atomic mass is 35.6. The summed E-state index contributed by atoms with van der Waals surface area (Å²) in [5.74, 6) is -1.26. The minimum absolute atomic E-state index is 0.218. The van der Waals surface area contributed by atoms with Crippen LogP contribution in [0.15, 0.2) is 60.7 Å². The number of benzene rings is 2. The number of carbonyl (C=O) groups is 1. The average molecular weight is 531 g/mol. The summed E-state index contributed by atoms with van der Waals surface area (Å²) in [5, 5.41) is 7.95. The predicted molar refractivity (Wildman–Crippen MR) is 129 cm³/mol. The smallest absolute Gasteiger partial charge is 0.303 e. The van der Waals surface area contributed by atoms with Gasteiger partial charge in [0.25, 0.3) is 3.79 Å². The van der Waals surface area contributed by atoms with Gasteiger partial charge in [-0.2, -0.15) is 0 Å². The van der Waals surface area contributed by atoms with Crippen molar-refractivity contribution in [2.24, 2.45) is 0 Å². The Kier molecular flexibility index (Phi) is 9.59. The third-order valence-corrected chi connectivity index (χ3v) is 5.61. The van der Waals surface area contributed by atoms with Gasteiger partial charge in [0.15, 0.2) is 6.10 Å². The number of nitrogens with one attached hydrogen (secondary N) is 1. The number of halogens is 3. The summed E-state index contributed by atoms with van der Waals surface area (Å²) in [6.45, 7) is 3.53. The molecule has 1 aliphatic rings. The van der Waals surface area contributed by atoms with Gasteiger partial charge in [-0.3, -0.25) is 10.2 Å². The number of esters is 1. The molecular weight excluding hydrogens is 505 g/mol. The Balaban J connectivity index is 1.86. The van der Waals surface area contributed by atoms with Crippen LogP contribution in [-0.2, 0) is 41.7 Å². The van der Waals surface area contributed by atoms with Crippen molar-refractivity contribution in [2.75, 3.05) is 0 Å². The van der Waals surface area contributed by atoms with Crippen LogP contribution in [0.1, 0.15) is 25.0 Å². The first kappa shape index (κ1) is 26.7. The van der Waals surface area contributed by atoms with E-state index in [1.165, 1.54) is 6.92 Å². The third kappa shape index (κ3) is 7.57. The van der Waals surface area contributed by atoms with Gasteiger partial charge in [0.2, 0.25) is 12.2 Å². The van der Waals surface area contributed by atoms with Gasteiger partial charge in [0.05, 0.1) is 19.3 Å². The summed E-state index contributed by atoms with van der Waals surface area (Å²) in [6.07, 6.45) is -4.34. The maximum absolute atomic E-state index is 12.0. The molecular formula is C24H26Cl3NO6. The topological polar surface area (TPSA) is 87.1 Å². The number of alkyl halides is 3. The second-order valence-corrected chi connectivity index (χ2v) is 10.0. The first-order valence-electron chi connectivity index (χ1n) is 10.6. The van der Waals surface area contributed by atoms with Crippen LogP contribution in [0.25, 0.3) is 0 Å². The van der Waals surface area contributed by atoms with E-state index < -0.39 is 46.4 Å². The van der Waals surface area contributed by atoms with Crippen molar-refractivity contribution in [3.05, 3.63) is 71.8 Å². The molecule has 10 heteroatoms. The molecule has 2 aromatic carbocycles. The highest BCUT2D eigenvalue weighted by Gasteiger charge is 2.50. The van der Waals surface area contributed by atoms with E-state index in [-0.39, 0.29) is 13.2 Å². The monoisotopic (exact) mass is 529 g/mol. The summed E-state index contributed by atoms with van der Waals surface area (Å²) >= 11 is 17.3. The predicted octanol–water partition coefficient (Wildman–Crippen LogP) is 5.20. The Morgan fingerprint density at radius 3 is 1.85 bits per heavy atom. The summed E-state index contributed by atoms with van der Waals surface area (Å²) < 4.78 is 27.2. The molecule has 184 valence electrons. The van der Waals surface area contributed by atoms with Gasteiger partial charge >= 0.3 is 5.97 Å². The number of hydrogen-bond acceptors (Lipinski definition) is 7. The fraction of sp³-hybridized carbons (Fsp3) is 0.417. The Labute approximate surface area is 213 Å². The largest absolute Gasteiger partial charge is 0.453 e. The van der Waals surface area contributed by atoms with Crippen molar-refractivity contribution in [1.82, 2.24) is 0 Å². The molecule has 1 aliphatic heterocycles. The molecule has 5 atom stereocenters. The molecule has 1 heterocycles. The van der Waals surface area contributed by atoms with Crippen molar-refractivity contribution in [3.63, 3.8) is 0 Å². The van der Waals surface area contributed by atoms with E-state index in [0.29, 0.717) is 0 Å². The summed E-state index contributed by atoms with van der Waals surface area (Å²) in [7, 11) is 0. The van der Waals surface area contributed by atoms with Gasteiger partial charge in [0, 0.05) is 6.92 Å². The maximum atomic E-state index is 12.0. The summed E-state index contributed by atoms with van der Waals surface area (Å²) in [4.78, 5) is 12.0. The lowest BCUT2D eigenvalue weighted by molar-refractivity contribution is -0.296. The van der Waals surface area contributed by atoms with Crippen LogP contribution in [0.4, 0.5) is 0 Å². The van der Waals surface area contributed by atoms with Crippen LogP contribution in [0.5, 0.6) is 0 Å². The first-order chi connectivity index (χ1) is 16.1. The lowest BCUT2D eigenvalue weighted by atomic mass is 9.98. The van der Waals surface area contributed by atoms with Crippen molar-refractivity contribution in [2.45, 2.75) is 61.6 Å². The number of hydrogen-bond donors (Lipinski definition) is 1. The van der Waals surface area contributed by atoms with Gasteiger partial charge < -0.3 is 23.7 Å². The maximum Gasteiger partial charge on any atom is 0.303 e.